The van der Waals surface area contributed by atoms with Crippen LogP contribution in [0.4, 0.5) is 0 Å². The Balaban J connectivity index is 1.97. The summed E-state index contributed by atoms with van der Waals surface area (Å²) in [5.41, 5.74) is 2.51. The fraction of sp³-hybridized carbons (Fsp3) is 0.261. The van der Waals surface area contributed by atoms with E-state index in [1.54, 1.807) is 34.5 Å². The molecule has 0 bridgehead atoms. The first-order chi connectivity index (χ1) is 13.9. The van der Waals surface area contributed by atoms with Crippen molar-refractivity contribution in [1.82, 2.24) is 14.8 Å². The highest BCUT2D eigenvalue weighted by molar-refractivity contribution is 8.21. The summed E-state index contributed by atoms with van der Waals surface area (Å²) in [6.07, 6.45) is 3.07. The van der Waals surface area contributed by atoms with Crippen molar-refractivity contribution >= 4 is 35.0 Å². The van der Waals surface area contributed by atoms with Gasteiger partial charge in [-0.05, 0) is 11.1 Å². The molecule has 3 rings (SSSR count). The van der Waals surface area contributed by atoms with Crippen molar-refractivity contribution in [1.29, 1.82) is 0 Å². The molecule has 0 radical (unpaired) electrons. The summed E-state index contributed by atoms with van der Waals surface area (Å²) < 4.78 is 2.57. The summed E-state index contributed by atoms with van der Waals surface area (Å²) in [6, 6.07) is 20.6. The number of rotatable bonds is 8. The van der Waals surface area contributed by atoms with Gasteiger partial charge in [-0.1, -0.05) is 81.4 Å². The van der Waals surface area contributed by atoms with Crippen LogP contribution in [0, 0.1) is 5.41 Å². The van der Waals surface area contributed by atoms with Crippen molar-refractivity contribution in [2.45, 2.75) is 32.3 Å². The maximum absolute atomic E-state index is 13.4. The standard InChI is InChI=1S/C23H25N3OS2/c1-23(2,3)21(27)20(26-17-24-16-25-26)22(28-14-18-10-6-4-7-11-18)29-15-19-12-8-5-9-13-19/h4-13,16-17H,14-15H2,1-3H3. The summed E-state index contributed by atoms with van der Waals surface area (Å²) in [6.45, 7) is 5.81. The molecule has 0 N–H and O–H groups in total. The van der Waals surface area contributed by atoms with Crippen LogP contribution in [0.15, 0.2) is 77.6 Å². The molecule has 0 saturated carbocycles. The molecule has 2 aromatic carbocycles. The molecule has 4 nitrogen and oxygen atoms in total. The zero-order valence-corrected chi connectivity index (χ0v) is 18.5. The van der Waals surface area contributed by atoms with Gasteiger partial charge in [0, 0.05) is 16.9 Å². The fourth-order valence-corrected chi connectivity index (χ4v) is 4.91. The van der Waals surface area contributed by atoms with Gasteiger partial charge in [-0.3, -0.25) is 4.79 Å². The average Bonchev–Trinajstić information content (AvgIpc) is 3.25. The SMILES string of the molecule is CC(C)(C)C(=O)C(=C(SCc1ccccc1)SCc1ccccc1)n1cncn1. The molecule has 0 amide bonds. The van der Waals surface area contributed by atoms with Gasteiger partial charge in [-0.15, -0.1) is 23.5 Å². The van der Waals surface area contributed by atoms with E-state index in [9.17, 15) is 4.79 Å². The maximum atomic E-state index is 13.4. The predicted octanol–water partition coefficient (Wildman–Crippen LogP) is 5.89. The number of Topliss-reactive ketones (excluding diaryl/α,β-unsaturated/α-hetero) is 1. The van der Waals surface area contributed by atoms with Gasteiger partial charge >= 0.3 is 0 Å². The molecular weight excluding hydrogens is 398 g/mol. The van der Waals surface area contributed by atoms with Crippen LogP contribution in [0.5, 0.6) is 0 Å². The molecule has 0 saturated heterocycles. The van der Waals surface area contributed by atoms with E-state index in [0.717, 1.165) is 15.7 Å². The lowest BCUT2D eigenvalue weighted by molar-refractivity contribution is -0.120. The smallest absolute Gasteiger partial charge is 0.188 e. The van der Waals surface area contributed by atoms with Crippen molar-refractivity contribution in [2.24, 2.45) is 5.41 Å². The predicted molar refractivity (Wildman–Crippen MR) is 123 cm³/mol. The largest absolute Gasteiger partial charge is 0.292 e. The number of hydrogen-bond donors (Lipinski definition) is 0. The lowest BCUT2D eigenvalue weighted by atomic mass is 9.89. The summed E-state index contributed by atoms with van der Waals surface area (Å²) >= 11 is 3.36. The number of carbonyl (C=O) groups excluding carboxylic acids is 1. The van der Waals surface area contributed by atoms with Crippen LogP contribution in [0.25, 0.3) is 5.70 Å². The van der Waals surface area contributed by atoms with Crippen LogP contribution in [0.2, 0.25) is 0 Å². The van der Waals surface area contributed by atoms with E-state index in [4.69, 9.17) is 0 Å². The third kappa shape index (κ3) is 6.08. The van der Waals surface area contributed by atoms with Crippen LogP contribution >= 0.6 is 23.5 Å². The highest BCUT2D eigenvalue weighted by atomic mass is 32.2. The average molecular weight is 424 g/mol. The van der Waals surface area contributed by atoms with Crippen molar-refractivity contribution in [3.05, 3.63) is 88.7 Å². The van der Waals surface area contributed by atoms with Gasteiger partial charge in [-0.2, -0.15) is 5.10 Å². The van der Waals surface area contributed by atoms with Gasteiger partial charge in [0.2, 0.25) is 0 Å². The van der Waals surface area contributed by atoms with Gasteiger partial charge in [0.1, 0.15) is 18.4 Å². The van der Waals surface area contributed by atoms with E-state index in [1.807, 2.05) is 57.2 Å². The minimum Gasteiger partial charge on any atom is -0.292 e. The Labute approximate surface area is 180 Å². The Morgan fingerprint density at radius 3 is 1.83 bits per heavy atom. The molecule has 0 spiro atoms. The molecule has 0 aliphatic carbocycles. The first-order valence-corrected chi connectivity index (χ1v) is 11.4. The number of nitrogens with zero attached hydrogens (tertiary/aromatic N) is 3. The summed E-state index contributed by atoms with van der Waals surface area (Å²) in [7, 11) is 0. The van der Waals surface area contributed by atoms with Gasteiger partial charge < -0.3 is 0 Å². The Bertz CT molecular complexity index is 901. The molecule has 0 aliphatic heterocycles. The number of thioether (sulfide) groups is 2. The zero-order chi connectivity index (χ0) is 20.7. The molecule has 150 valence electrons. The fourth-order valence-electron chi connectivity index (χ4n) is 2.59. The number of carbonyl (C=O) groups is 1. The summed E-state index contributed by atoms with van der Waals surface area (Å²) in [5, 5.41) is 4.28. The Kier molecular flexibility index (Phi) is 7.34. The highest BCUT2D eigenvalue weighted by Crippen LogP contribution is 2.40. The number of allylic oxidation sites excluding steroid dienone is 1. The Hall–Kier alpha value is -2.31. The molecule has 1 heterocycles. The minimum atomic E-state index is -0.521. The highest BCUT2D eigenvalue weighted by Gasteiger charge is 2.30. The Morgan fingerprint density at radius 1 is 0.897 bits per heavy atom. The van der Waals surface area contributed by atoms with Crippen LogP contribution in [-0.4, -0.2) is 20.5 Å². The third-order valence-corrected chi connectivity index (χ3v) is 6.74. The number of aromatic nitrogens is 3. The minimum absolute atomic E-state index is 0.0547. The van der Waals surface area contributed by atoms with E-state index in [-0.39, 0.29) is 5.78 Å². The van der Waals surface area contributed by atoms with Crippen LogP contribution < -0.4 is 0 Å². The number of ketones is 1. The zero-order valence-electron chi connectivity index (χ0n) is 16.9. The normalized spacial score (nSPS) is 11.3. The second kappa shape index (κ2) is 9.94. The number of hydrogen-bond acceptors (Lipinski definition) is 5. The van der Waals surface area contributed by atoms with Crippen molar-refractivity contribution in [3.8, 4) is 0 Å². The topological polar surface area (TPSA) is 47.8 Å². The summed E-state index contributed by atoms with van der Waals surface area (Å²) in [5.74, 6) is 1.63. The molecule has 0 fully saturated rings. The quantitative estimate of drug-likeness (QED) is 0.423. The molecule has 29 heavy (non-hydrogen) atoms. The lowest BCUT2D eigenvalue weighted by Gasteiger charge is -2.21. The third-order valence-electron chi connectivity index (χ3n) is 4.16. The van der Waals surface area contributed by atoms with E-state index >= 15 is 0 Å². The van der Waals surface area contributed by atoms with Crippen LogP contribution in [-0.2, 0) is 16.3 Å². The first-order valence-electron chi connectivity index (χ1n) is 9.42. The molecule has 0 aliphatic rings. The monoisotopic (exact) mass is 423 g/mol. The molecule has 3 aromatic rings. The molecule has 1 aromatic heterocycles. The van der Waals surface area contributed by atoms with Crippen LogP contribution in [0.3, 0.4) is 0 Å². The lowest BCUT2D eigenvalue weighted by Crippen LogP contribution is -2.25. The van der Waals surface area contributed by atoms with E-state index in [1.165, 1.54) is 17.5 Å². The van der Waals surface area contributed by atoms with Gasteiger partial charge in [0.05, 0.1) is 4.24 Å². The Morgan fingerprint density at radius 2 is 1.41 bits per heavy atom. The van der Waals surface area contributed by atoms with Gasteiger partial charge in [-0.25, -0.2) is 9.67 Å². The molecule has 0 unspecified atom stereocenters. The molecular formula is C23H25N3OS2. The van der Waals surface area contributed by atoms with Gasteiger partial charge in [0.25, 0.3) is 0 Å². The van der Waals surface area contributed by atoms with Gasteiger partial charge in [0.15, 0.2) is 5.78 Å². The van der Waals surface area contributed by atoms with E-state index < -0.39 is 5.41 Å². The second-order valence-electron chi connectivity index (χ2n) is 7.60. The van der Waals surface area contributed by atoms with Crippen molar-refractivity contribution < 1.29 is 4.79 Å². The summed E-state index contributed by atoms with van der Waals surface area (Å²) in [4.78, 5) is 17.4. The molecule has 0 atom stereocenters. The van der Waals surface area contributed by atoms with Crippen LogP contribution in [0.1, 0.15) is 31.9 Å². The molecule has 6 heteroatoms. The maximum Gasteiger partial charge on any atom is 0.188 e. The first kappa shape index (κ1) is 21.4. The van der Waals surface area contributed by atoms with E-state index in [0.29, 0.717) is 5.70 Å². The van der Waals surface area contributed by atoms with Crippen molar-refractivity contribution in [2.75, 3.05) is 0 Å². The van der Waals surface area contributed by atoms with Crippen molar-refractivity contribution in [3.63, 3.8) is 0 Å². The number of benzene rings is 2. The second-order valence-corrected chi connectivity index (χ2v) is 9.83. The van der Waals surface area contributed by atoms with E-state index in [2.05, 4.69) is 34.3 Å².